The number of halogens is 1. The fourth-order valence-electron chi connectivity index (χ4n) is 4.55. The minimum absolute atomic E-state index is 0.115. The average Bonchev–Trinajstić information content (AvgIpc) is 3.25. The molecule has 0 aromatic heterocycles. The van der Waals surface area contributed by atoms with E-state index >= 15 is 0 Å². The monoisotopic (exact) mass is 585 g/mol. The number of phenolic OH excluding ortho intramolecular Hbond substituents is 2. The molecule has 1 saturated heterocycles. The normalized spacial score (nSPS) is 18.7. The molecule has 2 aliphatic heterocycles. The molecule has 2 heterocycles. The number of benzene rings is 3. The first-order chi connectivity index (χ1) is 19.9. The van der Waals surface area contributed by atoms with Gasteiger partial charge < -0.3 is 19.7 Å². The zero-order valence-corrected chi connectivity index (χ0v) is 26.3. The molecule has 0 unspecified atom stereocenters. The Bertz CT molecular complexity index is 1150. The van der Waals surface area contributed by atoms with Crippen LogP contribution in [-0.4, -0.2) is 47.5 Å². The van der Waals surface area contributed by atoms with Gasteiger partial charge in [0, 0.05) is 6.04 Å². The molecule has 41 heavy (non-hydrogen) atoms. The highest BCUT2D eigenvalue weighted by molar-refractivity contribution is 7.99. The summed E-state index contributed by atoms with van der Waals surface area (Å²) < 4.78 is 25.2. The zero-order chi connectivity index (χ0) is 30.2. The molecule has 3 aromatic rings. The van der Waals surface area contributed by atoms with Gasteiger partial charge in [0.15, 0.2) is 11.6 Å². The van der Waals surface area contributed by atoms with Crippen molar-refractivity contribution in [2.45, 2.75) is 77.0 Å². The largest absolute Gasteiger partial charge is 0.508 e. The van der Waals surface area contributed by atoms with Gasteiger partial charge >= 0.3 is 0 Å². The molecule has 0 aliphatic carbocycles. The molecule has 3 aromatic carbocycles. The molecular weight excluding hydrogens is 537 g/mol. The van der Waals surface area contributed by atoms with Gasteiger partial charge in [0.1, 0.15) is 30.5 Å². The second kappa shape index (κ2) is 18.5. The van der Waals surface area contributed by atoms with Crippen molar-refractivity contribution in [3.8, 4) is 23.0 Å². The second-order valence-corrected chi connectivity index (χ2v) is 11.0. The van der Waals surface area contributed by atoms with Crippen molar-refractivity contribution >= 4 is 11.8 Å². The molecule has 5 nitrogen and oxygen atoms in total. The van der Waals surface area contributed by atoms with Crippen LogP contribution in [0.4, 0.5) is 4.39 Å². The molecule has 0 spiro atoms. The summed E-state index contributed by atoms with van der Waals surface area (Å²) in [5, 5.41) is 18.8. The lowest BCUT2D eigenvalue weighted by molar-refractivity contribution is 0.149. The lowest BCUT2D eigenvalue weighted by atomic mass is 10.0. The molecule has 0 radical (unpaired) electrons. The van der Waals surface area contributed by atoms with Gasteiger partial charge in [-0.25, -0.2) is 4.39 Å². The quantitative estimate of drug-likeness (QED) is 0.311. The van der Waals surface area contributed by atoms with Crippen LogP contribution < -0.4 is 9.47 Å². The van der Waals surface area contributed by atoms with Crippen molar-refractivity contribution in [2.75, 3.05) is 26.3 Å². The third kappa shape index (κ3) is 10.8. The Morgan fingerprint density at radius 3 is 2.41 bits per heavy atom. The van der Waals surface area contributed by atoms with Crippen LogP contribution in [0.15, 0.2) is 71.6 Å². The zero-order valence-electron chi connectivity index (χ0n) is 25.5. The third-order valence-electron chi connectivity index (χ3n) is 6.84. The Balaban J connectivity index is 0.000000256. The summed E-state index contributed by atoms with van der Waals surface area (Å²) in [6, 6.07) is 20.3. The van der Waals surface area contributed by atoms with E-state index in [0.29, 0.717) is 23.3 Å². The Morgan fingerprint density at radius 1 is 0.976 bits per heavy atom. The predicted molar refractivity (Wildman–Crippen MR) is 169 cm³/mol. The van der Waals surface area contributed by atoms with Gasteiger partial charge in [0.25, 0.3) is 0 Å². The maximum atomic E-state index is 13.9. The van der Waals surface area contributed by atoms with Gasteiger partial charge in [0.2, 0.25) is 0 Å². The molecular formula is C34H48FNO4S. The molecule has 0 saturated carbocycles. The summed E-state index contributed by atoms with van der Waals surface area (Å²) in [5.41, 5.74) is 0.860. The first kappa shape index (κ1) is 34.3. The number of hydrogen-bond donors (Lipinski definition) is 2. The number of nitrogens with zero attached hydrogens (tertiary/aromatic N) is 1. The fraction of sp³-hybridized carbons (Fsp3) is 0.471. The predicted octanol–water partition coefficient (Wildman–Crippen LogP) is 9.09. The Hall–Kier alpha value is -2.90. The van der Waals surface area contributed by atoms with E-state index in [0.717, 1.165) is 23.8 Å². The number of fused-ring (bicyclic) bond motifs is 1. The highest BCUT2D eigenvalue weighted by Gasteiger charge is 2.26. The van der Waals surface area contributed by atoms with Gasteiger partial charge in [0.05, 0.1) is 10.1 Å². The number of ether oxygens (including phenoxy) is 2. The van der Waals surface area contributed by atoms with Crippen LogP contribution in [0.5, 0.6) is 23.0 Å². The van der Waals surface area contributed by atoms with Crippen LogP contribution in [0.1, 0.15) is 71.6 Å². The van der Waals surface area contributed by atoms with E-state index in [1.54, 1.807) is 24.3 Å². The standard InChI is InChI=1S/C16H25NO.C14H11FO3S.2C2H6/c1-14-7-6-11-17(12-10-14)15(2)13-18-16-8-4-3-5-9-16;15-13-10(17)4-5-11-14(13)19-12(7-18-11)8-2-1-3-9(16)6-8;2*1-2/h3-5,8-9,14-15H,6-7,10-13H2,1-2H3;1-6,12,16-17H,7H2;2*1-2H3/t14-,15-;12-;;/m00../s1. The van der Waals surface area contributed by atoms with Crippen molar-refractivity contribution in [1.82, 2.24) is 4.90 Å². The third-order valence-corrected chi connectivity index (χ3v) is 8.15. The Kier molecular flexibility index (Phi) is 15.5. The number of likely N-dealkylation sites (tertiary alicyclic amines) is 1. The number of hydrogen-bond acceptors (Lipinski definition) is 6. The van der Waals surface area contributed by atoms with Crippen molar-refractivity contribution in [2.24, 2.45) is 5.92 Å². The summed E-state index contributed by atoms with van der Waals surface area (Å²) >= 11 is 1.29. The van der Waals surface area contributed by atoms with Crippen molar-refractivity contribution in [3.05, 3.63) is 78.1 Å². The van der Waals surface area contributed by atoms with Crippen molar-refractivity contribution in [3.63, 3.8) is 0 Å². The van der Waals surface area contributed by atoms with Crippen LogP contribution in [0.25, 0.3) is 0 Å². The highest BCUT2D eigenvalue weighted by Crippen LogP contribution is 2.47. The van der Waals surface area contributed by atoms with Crippen LogP contribution in [0, 0.1) is 11.7 Å². The summed E-state index contributed by atoms with van der Waals surface area (Å²) in [5.74, 6) is 1.43. The van der Waals surface area contributed by atoms with Gasteiger partial charge in [-0.1, -0.05) is 65.0 Å². The van der Waals surface area contributed by atoms with Crippen LogP contribution in [0.2, 0.25) is 0 Å². The molecule has 2 aliphatic rings. The molecule has 1 fully saturated rings. The summed E-state index contributed by atoms with van der Waals surface area (Å²) in [7, 11) is 0. The van der Waals surface area contributed by atoms with E-state index < -0.39 is 5.82 Å². The SMILES string of the molecule is CC.CC.C[C@H]1CCCN([C@@H](C)COc2ccccc2)CC1.Oc1cccc([C@@H]2COc3ccc(O)c(F)c3S2)c1. The van der Waals surface area contributed by atoms with Crippen molar-refractivity contribution in [1.29, 1.82) is 0 Å². The fourth-order valence-corrected chi connectivity index (χ4v) is 5.70. The minimum Gasteiger partial charge on any atom is -0.508 e. The first-order valence-corrected chi connectivity index (χ1v) is 15.8. The summed E-state index contributed by atoms with van der Waals surface area (Å²) in [4.78, 5) is 2.88. The smallest absolute Gasteiger partial charge is 0.182 e. The molecule has 226 valence electrons. The van der Waals surface area contributed by atoms with Gasteiger partial charge in [-0.15, -0.1) is 11.8 Å². The van der Waals surface area contributed by atoms with E-state index in [2.05, 4.69) is 18.7 Å². The van der Waals surface area contributed by atoms with Crippen LogP contribution >= 0.6 is 11.8 Å². The number of phenols is 2. The Labute approximate surface area is 250 Å². The minimum atomic E-state index is -0.660. The molecule has 2 N–H and O–H groups in total. The van der Waals surface area contributed by atoms with E-state index in [-0.39, 0.29) is 16.7 Å². The van der Waals surface area contributed by atoms with E-state index in [9.17, 15) is 14.6 Å². The Morgan fingerprint density at radius 2 is 1.71 bits per heavy atom. The highest BCUT2D eigenvalue weighted by atomic mass is 32.2. The molecule has 3 atom stereocenters. The number of aromatic hydroxyl groups is 2. The summed E-state index contributed by atoms with van der Waals surface area (Å²) in [6.45, 7) is 16.3. The van der Waals surface area contributed by atoms with Crippen LogP contribution in [0.3, 0.4) is 0 Å². The topological polar surface area (TPSA) is 62.2 Å². The van der Waals surface area contributed by atoms with Gasteiger partial charge in [-0.3, -0.25) is 4.90 Å². The second-order valence-electron chi connectivity index (χ2n) is 9.78. The lowest BCUT2D eigenvalue weighted by Crippen LogP contribution is -2.38. The van der Waals surface area contributed by atoms with Gasteiger partial charge in [-0.05, 0) is 87.2 Å². The first-order valence-electron chi connectivity index (χ1n) is 14.9. The van der Waals surface area contributed by atoms with E-state index in [4.69, 9.17) is 9.47 Å². The number of rotatable bonds is 5. The van der Waals surface area contributed by atoms with E-state index in [1.807, 2.05) is 64.1 Å². The molecule has 5 rings (SSSR count). The molecule has 0 amide bonds. The average molecular weight is 586 g/mol. The molecule has 0 bridgehead atoms. The van der Waals surface area contributed by atoms with Crippen molar-refractivity contribution < 1.29 is 24.1 Å². The number of para-hydroxylation sites is 1. The lowest BCUT2D eigenvalue weighted by Gasteiger charge is -2.27. The molecule has 7 heteroatoms. The van der Waals surface area contributed by atoms with Gasteiger partial charge in [-0.2, -0.15) is 0 Å². The maximum absolute atomic E-state index is 13.9. The van der Waals surface area contributed by atoms with Crippen LogP contribution in [-0.2, 0) is 0 Å². The summed E-state index contributed by atoms with van der Waals surface area (Å²) in [6.07, 6.45) is 4.04. The number of thioether (sulfide) groups is 1. The van der Waals surface area contributed by atoms with E-state index in [1.165, 1.54) is 50.2 Å². The maximum Gasteiger partial charge on any atom is 0.182 e.